The van der Waals surface area contributed by atoms with Crippen molar-refractivity contribution in [3.05, 3.63) is 28.8 Å². The molecule has 0 saturated heterocycles. The largest absolute Gasteiger partial charge is 0.490 e. The Morgan fingerprint density at radius 1 is 1.38 bits per heavy atom. The molecule has 4 heteroatoms. The van der Waals surface area contributed by atoms with Gasteiger partial charge in [0.15, 0.2) is 0 Å². The Hall–Kier alpha value is -1.22. The van der Waals surface area contributed by atoms with Gasteiger partial charge in [-0.05, 0) is 43.9 Å². The van der Waals surface area contributed by atoms with Crippen LogP contribution in [0.3, 0.4) is 0 Å². The van der Waals surface area contributed by atoms with Crippen LogP contribution < -0.4 is 10.5 Å². The Kier molecular flexibility index (Phi) is 3.34. The topological polar surface area (TPSA) is 59.1 Å². The summed E-state index contributed by atoms with van der Waals surface area (Å²) in [5.74, 6) is 0.666. The van der Waals surface area contributed by atoms with Gasteiger partial charge in [-0.15, -0.1) is 0 Å². The van der Waals surface area contributed by atoms with Gasteiger partial charge >= 0.3 is 0 Å². The van der Waals surface area contributed by atoms with E-state index in [4.69, 9.17) is 27.5 Å². The molecule has 0 amide bonds. The van der Waals surface area contributed by atoms with Gasteiger partial charge in [0.05, 0.1) is 11.7 Å². The van der Waals surface area contributed by atoms with E-state index < -0.39 is 0 Å². The van der Waals surface area contributed by atoms with Crippen LogP contribution in [0.5, 0.6) is 5.75 Å². The van der Waals surface area contributed by atoms with Crippen molar-refractivity contribution in [3.63, 3.8) is 0 Å². The number of hydrogen-bond donors (Lipinski definition) is 2. The number of nitrogens with two attached hydrogens (primary N) is 1. The van der Waals surface area contributed by atoms with Crippen LogP contribution in [0.15, 0.2) is 18.2 Å². The highest BCUT2D eigenvalue weighted by Gasteiger charge is 2.18. The van der Waals surface area contributed by atoms with Crippen molar-refractivity contribution in [3.8, 4) is 5.75 Å². The van der Waals surface area contributed by atoms with Crippen molar-refractivity contribution in [1.82, 2.24) is 0 Å². The Morgan fingerprint density at radius 3 is 2.69 bits per heavy atom. The molecular weight excluding hydrogens is 224 g/mol. The van der Waals surface area contributed by atoms with E-state index in [1.807, 2.05) is 0 Å². The van der Waals surface area contributed by atoms with Crippen molar-refractivity contribution in [2.75, 3.05) is 0 Å². The van der Waals surface area contributed by atoms with E-state index >= 15 is 0 Å². The van der Waals surface area contributed by atoms with E-state index in [1.165, 1.54) is 12.8 Å². The highest BCUT2D eigenvalue weighted by molar-refractivity contribution is 6.31. The zero-order chi connectivity index (χ0) is 11.5. The van der Waals surface area contributed by atoms with Crippen molar-refractivity contribution in [2.24, 2.45) is 5.73 Å². The molecule has 1 saturated carbocycles. The minimum absolute atomic E-state index is 0.00417. The highest BCUT2D eigenvalue weighted by Crippen LogP contribution is 2.28. The lowest BCUT2D eigenvalue weighted by Crippen LogP contribution is -2.17. The number of nitrogens with one attached hydrogen (secondary N) is 1. The first-order chi connectivity index (χ1) is 7.66. The second-order valence-electron chi connectivity index (χ2n) is 4.08. The molecule has 86 valence electrons. The second-order valence-corrected chi connectivity index (χ2v) is 4.51. The molecule has 1 aromatic rings. The summed E-state index contributed by atoms with van der Waals surface area (Å²) in [4.78, 5) is 0. The first-order valence-electron chi connectivity index (χ1n) is 5.47. The molecular formula is C12H15ClN2O. The summed E-state index contributed by atoms with van der Waals surface area (Å²) >= 11 is 5.87. The van der Waals surface area contributed by atoms with Crippen LogP contribution in [0.2, 0.25) is 5.02 Å². The number of halogens is 1. The summed E-state index contributed by atoms with van der Waals surface area (Å²) in [6.45, 7) is 0. The first-order valence-corrected chi connectivity index (χ1v) is 5.85. The minimum Gasteiger partial charge on any atom is -0.490 e. The lowest BCUT2D eigenvalue weighted by Gasteiger charge is -2.16. The Balaban J connectivity index is 2.21. The third-order valence-electron chi connectivity index (χ3n) is 2.83. The number of benzene rings is 1. The second kappa shape index (κ2) is 4.74. The third-order valence-corrected chi connectivity index (χ3v) is 3.06. The molecule has 0 aliphatic heterocycles. The van der Waals surface area contributed by atoms with Gasteiger partial charge in [-0.25, -0.2) is 0 Å². The summed E-state index contributed by atoms with van der Waals surface area (Å²) in [6, 6.07) is 5.23. The van der Waals surface area contributed by atoms with Crippen LogP contribution in [0.4, 0.5) is 0 Å². The molecule has 0 spiro atoms. The molecule has 1 aliphatic carbocycles. The number of amidine groups is 1. The van der Waals surface area contributed by atoms with Crippen molar-refractivity contribution in [2.45, 2.75) is 31.8 Å². The molecule has 3 nitrogen and oxygen atoms in total. The minimum atomic E-state index is -0.00417. The van der Waals surface area contributed by atoms with Crippen LogP contribution in [0.25, 0.3) is 0 Å². The van der Waals surface area contributed by atoms with Gasteiger partial charge in [-0.3, -0.25) is 5.41 Å². The summed E-state index contributed by atoms with van der Waals surface area (Å²) in [7, 11) is 0. The average Bonchev–Trinajstić information content (AvgIpc) is 2.73. The molecule has 0 atom stereocenters. The van der Waals surface area contributed by atoms with Gasteiger partial charge in [0.25, 0.3) is 0 Å². The van der Waals surface area contributed by atoms with E-state index in [0.717, 1.165) is 12.8 Å². The smallest absolute Gasteiger partial charge is 0.130 e. The maximum Gasteiger partial charge on any atom is 0.130 e. The van der Waals surface area contributed by atoms with Crippen LogP contribution in [0, 0.1) is 5.41 Å². The zero-order valence-electron chi connectivity index (χ0n) is 9.00. The molecule has 1 aromatic carbocycles. The fourth-order valence-corrected chi connectivity index (χ4v) is 2.17. The predicted molar refractivity (Wildman–Crippen MR) is 65.4 cm³/mol. The molecule has 0 aromatic heterocycles. The summed E-state index contributed by atoms with van der Waals surface area (Å²) in [6.07, 6.45) is 4.86. The van der Waals surface area contributed by atoms with Gasteiger partial charge in [-0.1, -0.05) is 11.6 Å². The highest BCUT2D eigenvalue weighted by atomic mass is 35.5. The Labute approximate surface area is 100 Å². The monoisotopic (exact) mass is 238 g/mol. The molecule has 0 heterocycles. The standard InChI is InChI=1S/C12H15ClN2O/c13-8-5-6-11(10(7-8)12(14)15)16-9-3-1-2-4-9/h5-7,9H,1-4H2,(H3,14,15). The molecule has 0 radical (unpaired) electrons. The number of hydrogen-bond acceptors (Lipinski definition) is 2. The van der Waals surface area contributed by atoms with Gasteiger partial charge < -0.3 is 10.5 Å². The summed E-state index contributed by atoms with van der Waals surface area (Å²) in [5, 5.41) is 8.06. The fourth-order valence-electron chi connectivity index (χ4n) is 2.00. The van der Waals surface area contributed by atoms with E-state index in [1.54, 1.807) is 18.2 Å². The third kappa shape index (κ3) is 2.47. The van der Waals surface area contributed by atoms with Crippen LogP contribution in [0.1, 0.15) is 31.2 Å². The predicted octanol–water partition coefficient (Wildman–Crippen LogP) is 2.95. The van der Waals surface area contributed by atoms with Crippen LogP contribution in [-0.2, 0) is 0 Å². The average molecular weight is 239 g/mol. The lowest BCUT2D eigenvalue weighted by molar-refractivity contribution is 0.209. The molecule has 0 bridgehead atoms. The van der Waals surface area contributed by atoms with E-state index in [0.29, 0.717) is 16.3 Å². The van der Waals surface area contributed by atoms with Crippen molar-refractivity contribution >= 4 is 17.4 Å². The van der Waals surface area contributed by atoms with Crippen LogP contribution in [-0.4, -0.2) is 11.9 Å². The molecule has 0 unspecified atom stereocenters. The Bertz CT molecular complexity index is 400. The van der Waals surface area contributed by atoms with Gasteiger partial charge in [0.1, 0.15) is 11.6 Å². The number of ether oxygens (including phenoxy) is 1. The lowest BCUT2D eigenvalue weighted by atomic mass is 10.2. The maximum atomic E-state index is 7.49. The SMILES string of the molecule is N=C(N)c1cc(Cl)ccc1OC1CCCC1. The zero-order valence-corrected chi connectivity index (χ0v) is 9.76. The van der Waals surface area contributed by atoms with Gasteiger partial charge in [0, 0.05) is 5.02 Å². The first kappa shape index (κ1) is 11.3. The van der Waals surface area contributed by atoms with Crippen molar-refractivity contribution < 1.29 is 4.74 Å². The molecule has 2 rings (SSSR count). The van der Waals surface area contributed by atoms with E-state index in [-0.39, 0.29) is 11.9 Å². The molecule has 1 aliphatic rings. The maximum absolute atomic E-state index is 7.49. The normalized spacial score (nSPS) is 16.3. The number of nitrogen functional groups attached to an aromatic ring is 1. The van der Waals surface area contributed by atoms with Gasteiger partial charge in [-0.2, -0.15) is 0 Å². The molecule has 16 heavy (non-hydrogen) atoms. The van der Waals surface area contributed by atoms with Crippen molar-refractivity contribution in [1.29, 1.82) is 5.41 Å². The van der Waals surface area contributed by atoms with E-state index in [2.05, 4.69) is 0 Å². The molecule has 3 N–H and O–H groups in total. The summed E-state index contributed by atoms with van der Waals surface area (Å²) < 4.78 is 5.84. The van der Waals surface area contributed by atoms with Gasteiger partial charge in [0.2, 0.25) is 0 Å². The fraction of sp³-hybridized carbons (Fsp3) is 0.417. The quantitative estimate of drug-likeness (QED) is 0.628. The molecule has 1 fully saturated rings. The summed E-state index contributed by atoms with van der Waals surface area (Å²) in [5.41, 5.74) is 6.09. The van der Waals surface area contributed by atoms with E-state index in [9.17, 15) is 0 Å². The number of rotatable bonds is 3. The Morgan fingerprint density at radius 2 is 2.06 bits per heavy atom. The van der Waals surface area contributed by atoms with Crippen LogP contribution >= 0.6 is 11.6 Å².